The molecule has 0 radical (unpaired) electrons. The second kappa shape index (κ2) is 9.17. The molecule has 1 aromatic heterocycles. The van der Waals surface area contributed by atoms with Gasteiger partial charge in [0.05, 0.1) is 17.0 Å². The predicted molar refractivity (Wildman–Crippen MR) is 109 cm³/mol. The molecule has 4 rings (SSSR count). The first-order chi connectivity index (χ1) is 12.2. The van der Waals surface area contributed by atoms with Crippen molar-refractivity contribution in [1.29, 1.82) is 0 Å². The summed E-state index contributed by atoms with van der Waals surface area (Å²) < 4.78 is 13.8. The number of imidazole rings is 1. The number of amides is 1. The third-order valence-corrected chi connectivity index (χ3v) is 4.55. The van der Waals surface area contributed by atoms with Crippen LogP contribution in [0.15, 0.2) is 42.5 Å². The highest BCUT2D eigenvalue weighted by atomic mass is 35.5. The topological polar surface area (TPSA) is 69.8 Å². The van der Waals surface area contributed by atoms with Crippen molar-refractivity contribution in [3.05, 3.63) is 59.7 Å². The van der Waals surface area contributed by atoms with Crippen LogP contribution in [-0.2, 0) is 11.2 Å². The number of carbonyl (C=O) groups excluding carboxylic acids is 1. The van der Waals surface area contributed by atoms with Gasteiger partial charge in [-0.05, 0) is 42.8 Å². The number of nitrogens with zero attached hydrogens (tertiary/aromatic N) is 1. The molecule has 144 valence electrons. The standard InChI is InChI=1S/C19H19FN4O.2ClH/c20-15-4-2-1-3-12(15)9-18-23-16-6-5-14(10-17(16)24-18)22-19(25)13-7-8-21-11-13;;/h1-6,10,13,21H,7-9,11H2,(H,22,25)(H,23,24);2*1H. The zero-order chi connectivity index (χ0) is 17.2. The molecule has 1 aliphatic rings. The van der Waals surface area contributed by atoms with Gasteiger partial charge in [0.1, 0.15) is 11.6 Å². The van der Waals surface area contributed by atoms with Crippen LogP contribution in [0.5, 0.6) is 0 Å². The maximum Gasteiger partial charge on any atom is 0.228 e. The number of H-pyrrole nitrogens is 1. The SMILES string of the molecule is Cl.Cl.O=C(Nc1ccc2nc(Cc3ccccc3F)[nH]c2c1)C1CCNC1. The van der Waals surface area contributed by atoms with Crippen molar-refractivity contribution < 1.29 is 9.18 Å². The molecule has 1 unspecified atom stereocenters. The van der Waals surface area contributed by atoms with Crippen LogP contribution < -0.4 is 10.6 Å². The summed E-state index contributed by atoms with van der Waals surface area (Å²) in [6.07, 6.45) is 1.27. The van der Waals surface area contributed by atoms with E-state index in [1.807, 2.05) is 24.3 Å². The second-order valence-electron chi connectivity index (χ2n) is 6.36. The Bertz CT molecular complexity index is 925. The molecular weight excluding hydrogens is 390 g/mol. The fourth-order valence-corrected chi connectivity index (χ4v) is 3.17. The van der Waals surface area contributed by atoms with Crippen LogP contribution in [0.4, 0.5) is 10.1 Å². The maximum atomic E-state index is 13.8. The largest absolute Gasteiger partial charge is 0.342 e. The van der Waals surface area contributed by atoms with Gasteiger partial charge >= 0.3 is 0 Å². The average Bonchev–Trinajstić information content (AvgIpc) is 3.26. The first kappa shape index (κ1) is 21.2. The number of benzene rings is 2. The van der Waals surface area contributed by atoms with Gasteiger partial charge in [0.25, 0.3) is 0 Å². The van der Waals surface area contributed by atoms with Gasteiger partial charge in [0.15, 0.2) is 0 Å². The fourth-order valence-electron chi connectivity index (χ4n) is 3.17. The van der Waals surface area contributed by atoms with Gasteiger partial charge in [-0.15, -0.1) is 24.8 Å². The van der Waals surface area contributed by atoms with Crippen LogP contribution in [0.2, 0.25) is 0 Å². The Morgan fingerprint density at radius 1 is 1.22 bits per heavy atom. The van der Waals surface area contributed by atoms with Crippen molar-refractivity contribution >= 4 is 47.4 Å². The molecular formula is C19H21Cl2FN4O. The average molecular weight is 411 g/mol. The second-order valence-corrected chi connectivity index (χ2v) is 6.36. The minimum absolute atomic E-state index is 0. The van der Waals surface area contributed by atoms with Crippen LogP contribution in [0, 0.1) is 11.7 Å². The van der Waals surface area contributed by atoms with Gasteiger partial charge < -0.3 is 15.6 Å². The highest BCUT2D eigenvalue weighted by Gasteiger charge is 2.22. The number of aromatic nitrogens is 2. The van der Waals surface area contributed by atoms with Gasteiger partial charge in [0, 0.05) is 18.7 Å². The number of fused-ring (bicyclic) bond motifs is 1. The quantitative estimate of drug-likeness (QED) is 0.614. The van der Waals surface area contributed by atoms with E-state index in [0.717, 1.165) is 36.2 Å². The zero-order valence-electron chi connectivity index (χ0n) is 14.5. The van der Waals surface area contributed by atoms with Gasteiger partial charge in [-0.3, -0.25) is 4.79 Å². The minimum Gasteiger partial charge on any atom is -0.342 e. The van der Waals surface area contributed by atoms with Crippen molar-refractivity contribution in [2.75, 3.05) is 18.4 Å². The number of halogens is 3. The lowest BCUT2D eigenvalue weighted by Crippen LogP contribution is -2.24. The number of hydrogen-bond acceptors (Lipinski definition) is 3. The molecule has 27 heavy (non-hydrogen) atoms. The highest BCUT2D eigenvalue weighted by Crippen LogP contribution is 2.20. The molecule has 1 atom stereocenters. The monoisotopic (exact) mass is 410 g/mol. The lowest BCUT2D eigenvalue weighted by Gasteiger charge is -2.09. The van der Waals surface area contributed by atoms with Crippen LogP contribution in [0.1, 0.15) is 17.8 Å². The number of hydrogen-bond donors (Lipinski definition) is 3. The molecule has 0 saturated carbocycles. The summed E-state index contributed by atoms with van der Waals surface area (Å²) in [5.41, 5.74) is 2.97. The van der Waals surface area contributed by atoms with Gasteiger partial charge in [0.2, 0.25) is 5.91 Å². The molecule has 1 saturated heterocycles. The van der Waals surface area contributed by atoms with E-state index < -0.39 is 0 Å². The van der Waals surface area contributed by atoms with Gasteiger partial charge in [-0.2, -0.15) is 0 Å². The van der Waals surface area contributed by atoms with E-state index in [9.17, 15) is 9.18 Å². The summed E-state index contributed by atoms with van der Waals surface area (Å²) >= 11 is 0. The molecule has 2 aromatic carbocycles. The van der Waals surface area contributed by atoms with Crippen molar-refractivity contribution in [3.63, 3.8) is 0 Å². The van der Waals surface area contributed by atoms with E-state index in [1.165, 1.54) is 6.07 Å². The number of carbonyl (C=O) groups is 1. The Kier molecular flexibility index (Phi) is 7.18. The molecule has 3 N–H and O–H groups in total. The first-order valence-electron chi connectivity index (χ1n) is 8.43. The molecule has 1 aliphatic heterocycles. The van der Waals surface area contributed by atoms with Gasteiger partial charge in [-0.1, -0.05) is 18.2 Å². The number of rotatable bonds is 4. The summed E-state index contributed by atoms with van der Waals surface area (Å²) in [7, 11) is 0. The molecule has 1 fully saturated rings. The predicted octanol–water partition coefficient (Wildman–Crippen LogP) is 3.68. The maximum absolute atomic E-state index is 13.8. The molecule has 1 amide bonds. The summed E-state index contributed by atoms with van der Waals surface area (Å²) in [4.78, 5) is 19.9. The number of nitrogens with one attached hydrogen (secondary N) is 3. The van der Waals surface area contributed by atoms with Crippen LogP contribution >= 0.6 is 24.8 Å². The van der Waals surface area contributed by atoms with Crippen molar-refractivity contribution in [1.82, 2.24) is 15.3 Å². The Morgan fingerprint density at radius 2 is 2.04 bits per heavy atom. The van der Waals surface area contributed by atoms with E-state index in [-0.39, 0.29) is 42.5 Å². The van der Waals surface area contributed by atoms with E-state index in [1.54, 1.807) is 12.1 Å². The van der Waals surface area contributed by atoms with Crippen LogP contribution in [0.25, 0.3) is 11.0 Å². The molecule has 0 bridgehead atoms. The Hall–Kier alpha value is -2.15. The summed E-state index contributed by atoms with van der Waals surface area (Å²) in [6.45, 7) is 1.61. The molecule has 2 heterocycles. The smallest absolute Gasteiger partial charge is 0.228 e. The summed E-state index contributed by atoms with van der Waals surface area (Å²) in [6, 6.07) is 12.3. The Balaban J connectivity index is 0.00000131. The zero-order valence-corrected chi connectivity index (χ0v) is 16.1. The van der Waals surface area contributed by atoms with Crippen molar-refractivity contribution in [2.45, 2.75) is 12.8 Å². The minimum atomic E-state index is -0.235. The summed E-state index contributed by atoms with van der Waals surface area (Å²) in [5.74, 6) is 0.522. The normalized spacial score (nSPS) is 15.8. The van der Waals surface area contributed by atoms with E-state index in [0.29, 0.717) is 17.8 Å². The van der Waals surface area contributed by atoms with Crippen LogP contribution in [-0.4, -0.2) is 29.0 Å². The third-order valence-electron chi connectivity index (χ3n) is 4.55. The third kappa shape index (κ3) is 4.77. The molecule has 5 nitrogen and oxygen atoms in total. The highest BCUT2D eigenvalue weighted by molar-refractivity contribution is 5.94. The number of anilines is 1. The van der Waals surface area contributed by atoms with Crippen molar-refractivity contribution in [3.8, 4) is 0 Å². The molecule has 8 heteroatoms. The lowest BCUT2D eigenvalue weighted by atomic mass is 10.1. The fraction of sp³-hybridized carbons (Fsp3) is 0.263. The van der Waals surface area contributed by atoms with Crippen LogP contribution in [0.3, 0.4) is 0 Å². The molecule has 3 aromatic rings. The molecule has 0 aliphatic carbocycles. The van der Waals surface area contributed by atoms with Crippen molar-refractivity contribution in [2.24, 2.45) is 5.92 Å². The van der Waals surface area contributed by atoms with E-state index in [4.69, 9.17) is 0 Å². The van der Waals surface area contributed by atoms with E-state index in [2.05, 4.69) is 20.6 Å². The summed E-state index contributed by atoms with van der Waals surface area (Å²) in [5, 5.41) is 6.15. The van der Waals surface area contributed by atoms with Gasteiger partial charge in [-0.25, -0.2) is 9.37 Å². The number of aromatic amines is 1. The Morgan fingerprint density at radius 3 is 2.78 bits per heavy atom. The lowest BCUT2D eigenvalue weighted by molar-refractivity contribution is -0.119. The molecule has 0 spiro atoms. The first-order valence-corrected chi connectivity index (χ1v) is 8.43. The van der Waals surface area contributed by atoms with E-state index >= 15 is 0 Å². The Labute approximate surface area is 169 Å².